The van der Waals surface area contributed by atoms with Crippen LogP contribution in [-0.4, -0.2) is 29.7 Å². The molecule has 2 aromatic carbocycles. The molecule has 27 heavy (non-hydrogen) atoms. The van der Waals surface area contributed by atoms with Crippen LogP contribution in [0.1, 0.15) is 19.8 Å². The van der Waals surface area contributed by atoms with Gasteiger partial charge in [0, 0.05) is 24.7 Å². The first-order valence-electron chi connectivity index (χ1n) is 9.52. The van der Waals surface area contributed by atoms with E-state index in [4.69, 9.17) is 14.7 Å². The molecule has 1 aliphatic rings. The van der Waals surface area contributed by atoms with Crippen LogP contribution in [0.15, 0.2) is 60.7 Å². The van der Waals surface area contributed by atoms with Crippen molar-refractivity contribution in [3.05, 3.63) is 60.7 Å². The van der Waals surface area contributed by atoms with E-state index in [1.165, 1.54) is 12.8 Å². The zero-order valence-electron chi connectivity index (χ0n) is 15.6. The van der Waals surface area contributed by atoms with Crippen LogP contribution in [0.3, 0.4) is 0 Å². The molecule has 0 amide bonds. The summed E-state index contributed by atoms with van der Waals surface area (Å²) in [6.07, 6.45) is 2.38. The Balaban J connectivity index is 1.72. The zero-order chi connectivity index (χ0) is 18.5. The fraction of sp³-hybridized carbons (Fsp3) is 0.273. The van der Waals surface area contributed by atoms with Crippen molar-refractivity contribution in [3.63, 3.8) is 0 Å². The van der Waals surface area contributed by atoms with Crippen LogP contribution >= 0.6 is 0 Å². The van der Waals surface area contributed by atoms with Crippen molar-refractivity contribution in [2.24, 2.45) is 0 Å². The molecule has 138 valence electrons. The summed E-state index contributed by atoms with van der Waals surface area (Å²) in [6, 6.07) is 20.2. The average Bonchev–Trinajstić information content (AvgIpc) is 3.25. The van der Waals surface area contributed by atoms with Crippen LogP contribution in [0.5, 0.6) is 5.75 Å². The Morgan fingerprint density at radius 2 is 1.70 bits per heavy atom. The van der Waals surface area contributed by atoms with Gasteiger partial charge in [0.2, 0.25) is 5.95 Å². The monoisotopic (exact) mass is 360 g/mol. The number of para-hydroxylation sites is 2. The van der Waals surface area contributed by atoms with E-state index in [0.717, 1.165) is 47.5 Å². The molecule has 0 spiro atoms. The molecule has 1 saturated heterocycles. The molecule has 1 aliphatic heterocycles. The largest absolute Gasteiger partial charge is 0.492 e. The van der Waals surface area contributed by atoms with Crippen molar-refractivity contribution in [1.29, 1.82) is 0 Å². The number of benzene rings is 2. The van der Waals surface area contributed by atoms with Gasteiger partial charge in [-0.3, -0.25) is 0 Å². The van der Waals surface area contributed by atoms with Crippen LogP contribution in [0, 0.1) is 0 Å². The summed E-state index contributed by atoms with van der Waals surface area (Å²) < 4.78 is 5.74. The van der Waals surface area contributed by atoms with Crippen molar-refractivity contribution in [3.8, 4) is 17.0 Å². The van der Waals surface area contributed by atoms with Crippen LogP contribution in [0.4, 0.5) is 17.5 Å². The zero-order valence-corrected chi connectivity index (χ0v) is 15.6. The maximum Gasteiger partial charge on any atom is 0.227 e. The Kier molecular flexibility index (Phi) is 5.19. The van der Waals surface area contributed by atoms with Gasteiger partial charge in [0.05, 0.1) is 18.0 Å². The predicted octanol–water partition coefficient (Wildman–Crippen LogP) is 4.89. The molecule has 1 fully saturated rings. The molecule has 3 aromatic rings. The van der Waals surface area contributed by atoms with Gasteiger partial charge in [0.25, 0.3) is 0 Å². The van der Waals surface area contributed by atoms with E-state index in [0.29, 0.717) is 6.61 Å². The molecule has 0 bridgehead atoms. The molecule has 2 heterocycles. The third-order valence-corrected chi connectivity index (χ3v) is 4.62. The minimum Gasteiger partial charge on any atom is -0.492 e. The Bertz CT molecular complexity index is 892. The first-order valence-corrected chi connectivity index (χ1v) is 9.52. The van der Waals surface area contributed by atoms with Crippen molar-refractivity contribution >= 4 is 17.5 Å². The SMILES string of the molecule is CCOc1ccccc1Nc1cc(-c2ccccc2)nc(N2CCCC2)n1. The molecule has 1 N–H and O–H groups in total. The Morgan fingerprint density at radius 3 is 2.48 bits per heavy atom. The fourth-order valence-corrected chi connectivity index (χ4v) is 3.30. The van der Waals surface area contributed by atoms with Gasteiger partial charge in [-0.1, -0.05) is 42.5 Å². The standard InChI is InChI=1S/C22H24N4O/c1-2-27-20-13-7-6-12-18(20)23-21-16-19(17-10-4-3-5-11-17)24-22(25-21)26-14-8-9-15-26/h3-7,10-13,16H,2,8-9,14-15H2,1H3,(H,23,24,25). The smallest absolute Gasteiger partial charge is 0.227 e. The van der Waals surface area contributed by atoms with Crippen LogP contribution in [0.2, 0.25) is 0 Å². The van der Waals surface area contributed by atoms with E-state index in [9.17, 15) is 0 Å². The van der Waals surface area contributed by atoms with Crippen LogP contribution < -0.4 is 15.0 Å². The number of hydrogen-bond acceptors (Lipinski definition) is 5. The lowest BCUT2D eigenvalue weighted by Gasteiger charge is -2.18. The van der Waals surface area contributed by atoms with E-state index in [1.54, 1.807) is 0 Å². The number of rotatable bonds is 6. The van der Waals surface area contributed by atoms with E-state index in [2.05, 4.69) is 22.3 Å². The Hall–Kier alpha value is -3.08. The summed E-state index contributed by atoms with van der Waals surface area (Å²) in [7, 11) is 0. The molecular formula is C22H24N4O. The summed E-state index contributed by atoms with van der Waals surface area (Å²) in [5.74, 6) is 2.38. The summed E-state index contributed by atoms with van der Waals surface area (Å²) in [5.41, 5.74) is 2.91. The molecule has 0 aliphatic carbocycles. The molecule has 4 rings (SSSR count). The maximum absolute atomic E-state index is 5.74. The fourth-order valence-electron chi connectivity index (χ4n) is 3.30. The minimum atomic E-state index is 0.622. The number of ether oxygens (including phenoxy) is 1. The van der Waals surface area contributed by atoms with Gasteiger partial charge in [-0.15, -0.1) is 0 Å². The van der Waals surface area contributed by atoms with Gasteiger partial charge in [0.1, 0.15) is 11.6 Å². The van der Waals surface area contributed by atoms with Crippen molar-refractivity contribution < 1.29 is 4.74 Å². The second-order valence-electron chi connectivity index (χ2n) is 6.55. The summed E-state index contributed by atoms with van der Waals surface area (Å²) in [4.78, 5) is 11.9. The third-order valence-electron chi connectivity index (χ3n) is 4.62. The number of aromatic nitrogens is 2. The van der Waals surface area contributed by atoms with Gasteiger partial charge < -0.3 is 15.0 Å². The molecule has 5 heteroatoms. The second kappa shape index (κ2) is 8.08. The predicted molar refractivity (Wildman–Crippen MR) is 110 cm³/mol. The summed E-state index contributed by atoms with van der Waals surface area (Å²) in [5, 5.41) is 3.43. The highest BCUT2D eigenvalue weighted by Crippen LogP contribution is 2.30. The van der Waals surface area contributed by atoms with E-state index >= 15 is 0 Å². The highest BCUT2D eigenvalue weighted by Gasteiger charge is 2.17. The number of anilines is 3. The van der Waals surface area contributed by atoms with Crippen molar-refractivity contribution in [2.45, 2.75) is 19.8 Å². The van der Waals surface area contributed by atoms with E-state index in [1.807, 2.05) is 55.5 Å². The van der Waals surface area contributed by atoms with Crippen molar-refractivity contribution in [2.75, 3.05) is 29.9 Å². The first kappa shape index (κ1) is 17.3. The quantitative estimate of drug-likeness (QED) is 0.678. The highest BCUT2D eigenvalue weighted by atomic mass is 16.5. The molecule has 1 aromatic heterocycles. The second-order valence-corrected chi connectivity index (χ2v) is 6.55. The third kappa shape index (κ3) is 4.03. The summed E-state index contributed by atoms with van der Waals surface area (Å²) >= 11 is 0. The average molecular weight is 360 g/mol. The lowest BCUT2D eigenvalue weighted by Crippen LogP contribution is -2.21. The molecule has 0 unspecified atom stereocenters. The van der Waals surface area contributed by atoms with Crippen molar-refractivity contribution in [1.82, 2.24) is 9.97 Å². The number of nitrogens with zero attached hydrogens (tertiary/aromatic N) is 3. The first-order chi connectivity index (χ1) is 13.3. The van der Waals surface area contributed by atoms with Crippen LogP contribution in [-0.2, 0) is 0 Å². The Labute approximate surface area is 160 Å². The van der Waals surface area contributed by atoms with Gasteiger partial charge in [-0.25, -0.2) is 4.98 Å². The lowest BCUT2D eigenvalue weighted by molar-refractivity contribution is 0.342. The van der Waals surface area contributed by atoms with E-state index in [-0.39, 0.29) is 0 Å². The lowest BCUT2D eigenvalue weighted by atomic mass is 10.1. The normalized spacial score (nSPS) is 13.6. The number of hydrogen-bond donors (Lipinski definition) is 1. The maximum atomic E-state index is 5.74. The van der Waals surface area contributed by atoms with Crippen LogP contribution in [0.25, 0.3) is 11.3 Å². The number of nitrogens with one attached hydrogen (secondary N) is 1. The molecule has 0 saturated carbocycles. The highest BCUT2D eigenvalue weighted by molar-refractivity contribution is 5.70. The Morgan fingerprint density at radius 1 is 0.963 bits per heavy atom. The molecular weight excluding hydrogens is 336 g/mol. The van der Waals surface area contributed by atoms with Gasteiger partial charge in [-0.2, -0.15) is 4.98 Å². The van der Waals surface area contributed by atoms with E-state index < -0.39 is 0 Å². The minimum absolute atomic E-state index is 0.622. The van der Waals surface area contributed by atoms with Gasteiger partial charge in [-0.05, 0) is 31.9 Å². The van der Waals surface area contributed by atoms with Gasteiger partial charge in [0.15, 0.2) is 0 Å². The van der Waals surface area contributed by atoms with Gasteiger partial charge >= 0.3 is 0 Å². The molecule has 0 atom stereocenters. The molecule has 5 nitrogen and oxygen atoms in total. The molecule has 0 radical (unpaired) electrons. The summed E-state index contributed by atoms with van der Waals surface area (Å²) in [6.45, 7) is 4.62. The topological polar surface area (TPSA) is 50.3 Å².